The molecule has 0 aliphatic carbocycles. The zero-order valence-electron chi connectivity index (χ0n) is 37.7. The Labute approximate surface area is 393 Å². The van der Waals surface area contributed by atoms with Gasteiger partial charge in [-0.3, -0.25) is 52.9 Å². The number of aliphatic hydroxyl groups excluding tert-OH is 1. The summed E-state index contributed by atoms with van der Waals surface area (Å²) in [7, 11) is 0. The van der Waals surface area contributed by atoms with Gasteiger partial charge < -0.3 is 86.1 Å². The number of carbonyl (C=O) groups is 10. The van der Waals surface area contributed by atoms with Crippen molar-refractivity contribution in [2.45, 2.75) is 132 Å². The van der Waals surface area contributed by atoms with Crippen LogP contribution in [0.15, 0.2) is 4.99 Å². The highest BCUT2D eigenvalue weighted by Gasteiger charge is 2.38. The van der Waals surface area contributed by atoms with E-state index in [1.54, 1.807) is 0 Å². The molecule has 0 aromatic rings. The number of hydrogen-bond donors (Lipinski definition) is 16. The Morgan fingerprint density at radius 2 is 1.18 bits per heavy atom. The molecule has 0 bridgehead atoms. The molecule has 1 rings (SSSR count). The molecule has 20 N–H and O–H groups in total. The number of amides is 8. The average molecular weight is 975 g/mol. The van der Waals surface area contributed by atoms with Crippen molar-refractivity contribution in [1.29, 1.82) is 0 Å². The molecule has 0 saturated carbocycles. The third-order valence-electron chi connectivity index (χ3n) is 10.3. The van der Waals surface area contributed by atoms with Gasteiger partial charge in [-0.1, -0.05) is 0 Å². The van der Waals surface area contributed by atoms with E-state index in [1.165, 1.54) is 11.8 Å². The van der Waals surface area contributed by atoms with Crippen LogP contribution in [0.3, 0.4) is 0 Å². The summed E-state index contributed by atoms with van der Waals surface area (Å²) in [6, 6.07) is -9.10. The van der Waals surface area contributed by atoms with Crippen LogP contribution in [0.5, 0.6) is 0 Å². The second kappa shape index (κ2) is 32.0. The number of carboxylic acids is 2. The minimum atomic E-state index is -1.54. The van der Waals surface area contributed by atoms with Crippen molar-refractivity contribution < 1.29 is 63.3 Å². The van der Waals surface area contributed by atoms with Gasteiger partial charge >= 0.3 is 11.9 Å². The number of nitrogens with one attached hydrogen (secondary N) is 7. The Morgan fingerprint density at radius 3 is 1.67 bits per heavy atom. The van der Waals surface area contributed by atoms with Gasteiger partial charge in [0.25, 0.3) is 0 Å². The Morgan fingerprint density at radius 1 is 0.672 bits per heavy atom. The molecule has 1 heterocycles. The first-order chi connectivity index (χ1) is 31.7. The number of unbranched alkanes of at least 4 members (excludes halogenated alkanes) is 2. The van der Waals surface area contributed by atoms with E-state index in [0.717, 1.165) is 0 Å². The molecule has 380 valence electrons. The molecule has 0 aromatic carbocycles. The zero-order chi connectivity index (χ0) is 50.6. The molecule has 0 radical (unpaired) electrons. The van der Waals surface area contributed by atoms with E-state index >= 15 is 0 Å². The number of rotatable bonds is 33. The number of aliphatic carboxylic acids is 2. The van der Waals surface area contributed by atoms with E-state index < -0.39 is 134 Å². The normalized spacial score (nSPS) is 16.3. The summed E-state index contributed by atoms with van der Waals surface area (Å²) in [5.74, 6) is -9.77. The lowest BCUT2D eigenvalue weighted by atomic mass is 10.0. The lowest BCUT2D eigenvalue weighted by Gasteiger charge is -2.29. The molecule has 8 atom stereocenters. The second-order valence-corrected chi connectivity index (χ2v) is 16.1. The van der Waals surface area contributed by atoms with Crippen LogP contribution in [0, 0.1) is 0 Å². The topological polar surface area (TPSA) is 461 Å². The van der Waals surface area contributed by atoms with Gasteiger partial charge in [-0.25, -0.2) is 0 Å². The first kappa shape index (κ1) is 59.2. The maximum atomic E-state index is 13.9. The number of hydrogen-bond acceptors (Lipinski definition) is 16. The van der Waals surface area contributed by atoms with E-state index in [2.05, 4.69) is 54.8 Å². The summed E-state index contributed by atoms with van der Waals surface area (Å²) in [4.78, 5) is 134. The number of aliphatic imine (C=N–C) groups is 1. The molecule has 27 nitrogen and oxygen atoms in total. The molecule has 1 aliphatic heterocycles. The van der Waals surface area contributed by atoms with E-state index in [9.17, 15) is 58.2 Å². The largest absolute Gasteiger partial charge is 0.481 e. The quantitative estimate of drug-likeness (QED) is 0.0126. The highest BCUT2D eigenvalue weighted by atomic mass is 32.1. The van der Waals surface area contributed by atoms with Crippen molar-refractivity contribution in [2.75, 3.05) is 45.0 Å². The van der Waals surface area contributed by atoms with E-state index in [-0.39, 0.29) is 63.5 Å². The summed E-state index contributed by atoms with van der Waals surface area (Å²) in [6.07, 6.45) is 0.230. The Hall–Kier alpha value is -5.84. The summed E-state index contributed by atoms with van der Waals surface area (Å²) in [6.45, 7) is 0.559. The molecule has 67 heavy (non-hydrogen) atoms. The van der Waals surface area contributed by atoms with Crippen molar-refractivity contribution in [2.24, 2.45) is 33.7 Å². The van der Waals surface area contributed by atoms with Crippen LogP contribution in [-0.2, 0) is 47.9 Å². The number of nitrogens with two attached hydrogens (primary N) is 5. The number of likely N-dealkylation sites (tertiary alicyclic amines) is 1. The molecule has 1 aliphatic rings. The molecule has 28 heteroatoms. The van der Waals surface area contributed by atoms with Crippen molar-refractivity contribution in [3.63, 3.8) is 0 Å². The van der Waals surface area contributed by atoms with Crippen LogP contribution in [-0.4, -0.2) is 179 Å². The fourth-order valence-corrected chi connectivity index (χ4v) is 6.89. The highest BCUT2D eigenvalue weighted by molar-refractivity contribution is 7.80. The Balaban J connectivity index is 3.23. The predicted molar refractivity (Wildman–Crippen MR) is 244 cm³/mol. The van der Waals surface area contributed by atoms with Crippen molar-refractivity contribution >= 4 is 77.8 Å². The summed E-state index contributed by atoms with van der Waals surface area (Å²) in [5, 5.41) is 45.1. The number of aliphatic hydroxyl groups is 1. The number of carbonyl (C=O) groups excluding carboxylic acids is 8. The minimum Gasteiger partial charge on any atom is -0.481 e. The summed E-state index contributed by atoms with van der Waals surface area (Å²) >= 11 is 4.16. The molecule has 1 fully saturated rings. The Bertz CT molecular complexity index is 1720. The predicted octanol–water partition coefficient (Wildman–Crippen LogP) is -6.47. The van der Waals surface area contributed by atoms with Gasteiger partial charge in [0.1, 0.15) is 48.8 Å². The van der Waals surface area contributed by atoms with Gasteiger partial charge in [-0.05, 0) is 90.6 Å². The summed E-state index contributed by atoms with van der Waals surface area (Å²) in [5.41, 5.74) is 27.9. The van der Waals surface area contributed by atoms with Crippen molar-refractivity contribution in [1.82, 2.24) is 42.1 Å². The standard InChI is InChI=1S/C39H70N14O13S/c1-21(54)31(42)37(65)51-23(9-3-5-15-41)33(61)50-24(10-6-16-45-39(43)44)34(62)49-22(8-2-4-14-40)32(60)46-18-28(55)48-25(12-13-29(56)57)35(63)52-26(20-67)38(66)53-17-7-11-27(53)36(64)47-19-30(58)59/h21-27,31,54,67H,2-20,40-42H2,1H3,(H,46,60)(H,47,64)(H,48,55)(H,49,62)(H,50,61)(H,51,65)(H,52,63)(H,56,57)(H,58,59)(H4,43,44,45)/t21-,22+,23+,24+,25+,26+,27+,31+/m1/s1. The minimum absolute atomic E-state index is 0.0158. The lowest BCUT2D eigenvalue weighted by molar-refractivity contribution is -0.143. The van der Waals surface area contributed by atoms with E-state index in [0.29, 0.717) is 38.6 Å². The van der Waals surface area contributed by atoms with Gasteiger partial charge in [-0.15, -0.1) is 0 Å². The maximum absolute atomic E-state index is 13.9. The number of thiol groups is 1. The molecular formula is C39H70N14O13S. The maximum Gasteiger partial charge on any atom is 0.322 e. The van der Waals surface area contributed by atoms with Crippen LogP contribution >= 0.6 is 12.6 Å². The monoisotopic (exact) mass is 974 g/mol. The highest BCUT2D eigenvalue weighted by Crippen LogP contribution is 2.19. The lowest BCUT2D eigenvalue weighted by Crippen LogP contribution is -2.59. The van der Waals surface area contributed by atoms with Crippen LogP contribution in [0.2, 0.25) is 0 Å². The SMILES string of the molecule is C[C@@H](O)[C@H](N)C(=O)N[C@@H](CCCCN)C(=O)N[C@@H](CCCN=C(N)N)C(=O)N[C@@H](CCCCN)C(=O)NCC(=O)N[C@@H](CCC(=O)O)C(=O)N[C@@H](CS)C(=O)N1CCC[C@H]1C(=O)NCC(=O)O. The number of nitrogens with zero attached hydrogens (tertiary/aromatic N) is 2. The number of carboxylic acid groups (broad SMARTS) is 2. The van der Waals surface area contributed by atoms with Crippen LogP contribution in [0.4, 0.5) is 0 Å². The van der Waals surface area contributed by atoms with Crippen LogP contribution in [0.25, 0.3) is 0 Å². The summed E-state index contributed by atoms with van der Waals surface area (Å²) < 4.78 is 0. The van der Waals surface area contributed by atoms with Gasteiger partial charge in [0.05, 0.1) is 12.6 Å². The van der Waals surface area contributed by atoms with Crippen LogP contribution in [0.1, 0.15) is 84.0 Å². The molecular weight excluding hydrogens is 905 g/mol. The molecule has 0 aromatic heterocycles. The van der Waals surface area contributed by atoms with Gasteiger partial charge in [0, 0.05) is 25.3 Å². The van der Waals surface area contributed by atoms with E-state index in [4.69, 9.17) is 33.8 Å². The third-order valence-corrected chi connectivity index (χ3v) is 10.7. The fraction of sp³-hybridized carbons (Fsp3) is 0.718. The zero-order valence-corrected chi connectivity index (χ0v) is 38.6. The molecule has 0 spiro atoms. The number of guanidine groups is 1. The Kier molecular flexibility index (Phi) is 28.2. The fourth-order valence-electron chi connectivity index (χ4n) is 6.64. The first-order valence-corrected chi connectivity index (χ1v) is 22.6. The average Bonchev–Trinajstić information content (AvgIpc) is 3.77. The third kappa shape index (κ3) is 23.0. The van der Waals surface area contributed by atoms with Crippen molar-refractivity contribution in [3.8, 4) is 0 Å². The van der Waals surface area contributed by atoms with Gasteiger partial charge in [0.15, 0.2) is 5.96 Å². The molecule has 0 unspecified atom stereocenters. The molecule has 8 amide bonds. The first-order valence-electron chi connectivity index (χ1n) is 22.0. The van der Waals surface area contributed by atoms with Gasteiger partial charge in [-0.2, -0.15) is 12.6 Å². The smallest absolute Gasteiger partial charge is 0.322 e. The van der Waals surface area contributed by atoms with Gasteiger partial charge in [0.2, 0.25) is 47.3 Å². The van der Waals surface area contributed by atoms with E-state index in [1.807, 2.05) is 0 Å². The second-order valence-electron chi connectivity index (χ2n) is 15.8. The van der Waals surface area contributed by atoms with Crippen molar-refractivity contribution in [3.05, 3.63) is 0 Å². The van der Waals surface area contributed by atoms with Crippen LogP contribution < -0.4 is 65.9 Å². The molecule has 1 saturated heterocycles.